The van der Waals surface area contributed by atoms with E-state index in [1.54, 1.807) is 4.90 Å². The van der Waals surface area contributed by atoms with Gasteiger partial charge in [0.1, 0.15) is 0 Å². The summed E-state index contributed by atoms with van der Waals surface area (Å²) in [5, 5.41) is 9.25. The van der Waals surface area contributed by atoms with Gasteiger partial charge in [-0.3, -0.25) is 4.79 Å². The smallest absolute Gasteiger partial charge is 0.337 e. The number of nitrogens with zero attached hydrogens (tertiary/aromatic N) is 2. The summed E-state index contributed by atoms with van der Waals surface area (Å²) < 4.78 is 27.0. The first-order chi connectivity index (χ1) is 12.3. The first-order valence-corrected chi connectivity index (χ1v) is 10.3. The van der Waals surface area contributed by atoms with E-state index in [4.69, 9.17) is 0 Å². The quantitative estimate of drug-likeness (QED) is 0.810. The van der Waals surface area contributed by atoms with Gasteiger partial charge < -0.3 is 10.0 Å². The molecule has 0 bridgehead atoms. The monoisotopic (exact) mass is 380 g/mol. The Hall–Kier alpha value is -1.93. The summed E-state index contributed by atoms with van der Waals surface area (Å²) in [6.45, 7) is 1.23. The Bertz CT molecular complexity index is 796. The Morgan fingerprint density at radius 2 is 1.77 bits per heavy atom. The molecule has 26 heavy (non-hydrogen) atoms. The number of carbonyl (C=O) groups is 2. The molecule has 1 saturated heterocycles. The highest BCUT2D eigenvalue weighted by Crippen LogP contribution is 2.31. The van der Waals surface area contributed by atoms with E-state index in [1.165, 1.54) is 41.4 Å². The maximum Gasteiger partial charge on any atom is 0.337 e. The van der Waals surface area contributed by atoms with Crippen LogP contribution in [0.15, 0.2) is 29.2 Å². The maximum absolute atomic E-state index is 12.8. The number of piperidine rings is 1. The molecule has 1 aromatic carbocycles. The lowest BCUT2D eigenvalue weighted by Crippen LogP contribution is -2.44. The normalized spacial score (nSPS) is 19.3. The Morgan fingerprint density at radius 3 is 2.35 bits per heavy atom. The van der Waals surface area contributed by atoms with Crippen LogP contribution in [0.3, 0.4) is 0 Å². The van der Waals surface area contributed by atoms with Gasteiger partial charge in [0.2, 0.25) is 15.9 Å². The molecular weight excluding hydrogens is 356 g/mol. The number of carboxylic acid groups (broad SMARTS) is 1. The Labute approximate surface area is 153 Å². The van der Waals surface area contributed by atoms with Crippen molar-refractivity contribution in [1.82, 2.24) is 9.21 Å². The highest BCUT2D eigenvalue weighted by atomic mass is 32.2. The number of benzene rings is 1. The van der Waals surface area contributed by atoms with Gasteiger partial charge in [-0.15, -0.1) is 0 Å². The number of carbonyl (C=O) groups excluding carboxylic acids is 1. The van der Waals surface area contributed by atoms with Crippen molar-refractivity contribution in [2.24, 2.45) is 11.8 Å². The van der Waals surface area contributed by atoms with Crippen LogP contribution in [-0.4, -0.2) is 61.3 Å². The number of sulfonamides is 1. The van der Waals surface area contributed by atoms with Crippen LogP contribution in [0.4, 0.5) is 0 Å². The zero-order valence-corrected chi connectivity index (χ0v) is 15.6. The minimum absolute atomic E-state index is 0.0832. The Kier molecular flexibility index (Phi) is 5.34. The fraction of sp³-hybridized carbons (Fsp3) is 0.556. The molecule has 0 spiro atoms. The molecule has 2 fully saturated rings. The molecule has 1 saturated carbocycles. The van der Waals surface area contributed by atoms with Crippen molar-refractivity contribution in [3.63, 3.8) is 0 Å². The van der Waals surface area contributed by atoms with Gasteiger partial charge in [0.25, 0.3) is 0 Å². The largest absolute Gasteiger partial charge is 0.478 e. The van der Waals surface area contributed by atoms with E-state index in [0.29, 0.717) is 18.8 Å². The molecule has 1 aromatic rings. The van der Waals surface area contributed by atoms with Crippen molar-refractivity contribution in [2.45, 2.75) is 30.6 Å². The second-order valence-electron chi connectivity index (χ2n) is 7.14. The molecule has 1 heterocycles. The summed E-state index contributed by atoms with van der Waals surface area (Å²) in [6.07, 6.45) is 3.28. The van der Waals surface area contributed by atoms with Crippen molar-refractivity contribution in [3.05, 3.63) is 29.8 Å². The number of hydrogen-bond donors (Lipinski definition) is 1. The van der Waals surface area contributed by atoms with Crippen molar-refractivity contribution >= 4 is 21.9 Å². The summed E-state index contributed by atoms with van der Waals surface area (Å²) in [6, 6.07) is 5.63. The summed E-state index contributed by atoms with van der Waals surface area (Å²) in [5.41, 5.74) is -0.227. The number of rotatable bonds is 6. The lowest BCUT2D eigenvalue weighted by molar-refractivity contribution is -0.135. The van der Waals surface area contributed by atoms with Gasteiger partial charge >= 0.3 is 5.97 Å². The Morgan fingerprint density at radius 1 is 1.15 bits per heavy atom. The lowest BCUT2D eigenvalue weighted by atomic mass is 9.96. The first-order valence-electron chi connectivity index (χ1n) is 8.88. The van der Waals surface area contributed by atoms with Gasteiger partial charge in [-0.2, -0.15) is 4.31 Å². The van der Waals surface area contributed by atoms with Gasteiger partial charge in [0.05, 0.1) is 10.5 Å². The second kappa shape index (κ2) is 7.36. The van der Waals surface area contributed by atoms with Crippen LogP contribution in [0.2, 0.25) is 0 Å². The fourth-order valence-electron chi connectivity index (χ4n) is 3.44. The number of aromatic carboxylic acids is 1. The minimum atomic E-state index is -3.89. The van der Waals surface area contributed by atoms with Gasteiger partial charge in [-0.1, -0.05) is 12.1 Å². The van der Waals surface area contributed by atoms with Gasteiger partial charge in [-0.05, 0) is 43.7 Å². The standard InChI is InChI=1S/C18H24N2O5S/c1-19(12-13-6-7-13)17(21)14-8-10-20(11-9-14)26(24,25)16-5-3-2-4-15(16)18(22)23/h2-5,13-14H,6-12H2,1H3,(H,22,23). The third-order valence-corrected chi connectivity index (χ3v) is 7.10. The average molecular weight is 380 g/mol. The molecule has 3 rings (SSSR count). The molecule has 0 radical (unpaired) electrons. The van der Waals surface area contributed by atoms with Gasteiger partial charge in [-0.25, -0.2) is 13.2 Å². The van der Waals surface area contributed by atoms with E-state index < -0.39 is 16.0 Å². The van der Waals surface area contributed by atoms with E-state index in [0.717, 1.165) is 6.54 Å². The molecule has 7 nitrogen and oxygen atoms in total. The molecule has 142 valence electrons. The topological polar surface area (TPSA) is 95.0 Å². The van der Waals surface area contributed by atoms with Crippen LogP contribution in [0.1, 0.15) is 36.0 Å². The molecule has 1 amide bonds. The van der Waals surface area contributed by atoms with E-state index >= 15 is 0 Å². The van der Waals surface area contributed by atoms with Gasteiger partial charge in [0.15, 0.2) is 0 Å². The van der Waals surface area contributed by atoms with Crippen molar-refractivity contribution < 1.29 is 23.1 Å². The first kappa shape index (κ1) is 18.8. The molecule has 2 aliphatic rings. The molecule has 8 heteroatoms. The van der Waals surface area contributed by atoms with Gasteiger partial charge in [0, 0.05) is 32.6 Å². The SMILES string of the molecule is CN(CC1CC1)C(=O)C1CCN(S(=O)(=O)c2ccccc2C(=O)O)CC1. The summed E-state index contributed by atoms with van der Waals surface area (Å²) in [5.74, 6) is -0.729. The third-order valence-electron chi connectivity index (χ3n) is 5.14. The van der Waals surface area contributed by atoms with E-state index in [1.807, 2.05) is 7.05 Å². The molecule has 1 aliphatic heterocycles. The third kappa shape index (κ3) is 3.91. The Balaban J connectivity index is 1.67. The predicted molar refractivity (Wildman–Crippen MR) is 95.2 cm³/mol. The van der Waals surface area contributed by atoms with Crippen LogP contribution in [0, 0.1) is 11.8 Å². The van der Waals surface area contributed by atoms with Crippen molar-refractivity contribution in [3.8, 4) is 0 Å². The molecule has 0 atom stereocenters. The van der Waals surface area contributed by atoms with E-state index in [-0.39, 0.29) is 35.4 Å². The zero-order valence-electron chi connectivity index (χ0n) is 14.8. The molecule has 0 unspecified atom stereocenters. The van der Waals surface area contributed by atoms with E-state index in [2.05, 4.69) is 0 Å². The molecule has 0 aromatic heterocycles. The van der Waals surface area contributed by atoms with Crippen LogP contribution < -0.4 is 0 Å². The highest BCUT2D eigenvalue weighted by Gasteiger charge is 2.35. The molecule has 1 N–H and O–H groups in total. The molecule has 1 aliphatic carbocycles. The van der Waals surface area contributed by atoms with E-state index in [9.17, 15) is 23.1 Å². The fourth-order valence-corrected chi connectivity index (χ4v) is 5.09. The van der Waals surface area contributed by atoms with Crippen LogP contribution >= 0.6 is 0 Å². The summed E-state index contributed by atoms with van der Waals surface area (Å²) >= 11 is 0. The second-order valence-corrected chi connectivity index (χ2v) is 9.05. The van der Waals surface area contributed by atoms with Crippen LogP contribution in [0.25, 0.3) is 0 Å². The molecular formula is C18H24N2O5S. The zero-order chi connectivity index (χ0) is 18.9. The lowest BCUT2D eigenvalue weighted by Gasteiger charge is -2.32. The highest BCUT2D eigenvalue weighted by molar-refractivity contribution is 7.89. The van der Waals surface area contributed by atoms with Crippen molar-refractivity contribution in [1.29, 1.82) is 0 Å². The van der Waals surface area contributed by atoms with Crippen LogP contribution in [-0.2, 0) is 14.8 Å². The maximum atomic E-state index is 12.8. The van der Waals surface area contributed by atoms with Crippen molar-refractivity contribution in [2.75, 3.05) is 26.7 Å². The number of hydrogen-bond acceptors (Lipinski definition) is 4. The predicted octanol–water partition coefficient (Wildman–Crippen LogP) is 1.65. The summed E-state index contributed by atoms with van der Waals surface area (Å²) in [4.78, 5) is 25.4. The summed E-state index contributed by atoms with van der Waals surface area (Å²) in [7, 11) is -2.08. The average Bonchev–Trinajstić information content (AvgIpc) is 3.45. The minimum Gasteiger partial charge on any atom is -0.478 e. The number of amides is 1. The number of carboxylic acids is 1. The van der Waals surface area contributed by atoms with Crippen LogP contribution in [0.5, 0.6) is 0 Å².